The normalized spacial score (nSPS) is 28.0. The van der Waals surface area contributed by atoms with Crippen LogP contribution in [0.5, 0.6) is 0 Å². The molecule has 2 fully saturated rings. The average molecular weight is 691 g/mol. The van der Waals surface area contributed by atoms with E-state index in [2.05, 4.69) is 20.9 Å². The molecule has 49 heavy (non-hydrogen) atoms. The van der Waals surface area contributed by atoms with Gasteiger partial charge in [-0.05, 0) is 78.5 Å². The van der Waals surface area contributed by atoms with Crippen molar-refractivity contribution in [1.82, 2.24) is 19.8 Å². The Balaban J connectivity index is 1.38. The monoisotopic (exact) mass is 690 g/mol. The molecule has 17 nitrogen and oxygen atoms in total. The number of nitrogens with zero attached hydrogens (tertiary/aromatic N) is 3. The number of rotatable bonds is 12. The summed E-state index contributed by atoms with van der Waals surface area (Å²) in [5.41, 5.74) is -3.01. The van der Waals surface area contributed by atoms with Crippen LogP contribution in [0.15, 0.2) is 41.3 Å². The zero-order chi connectivity index (χ0) is 36.1. The third-order valence-electron chi connectivity index (χ3n) is 8.65. The molecule has 2 aliphatic heterocycles. The second-order valence-electron chi connectivity index (χ2n) is 12.7. The maximum atomic E-state index is 13.2. The fourth-order valence-electron chi connectivity index (χ4n) is 5.77. The Kier molecular flexibility index (Phi) is 12.1. The molecule has 0 bridgehead atoms. The molecule has 1 aromatic carbocycles. The lowest BCUT2D eigenvalue weighted by atomic mass is 9.98. The van der Waals surface area contributed by atoms with Crippen LogP contribution in [-0.2, 0) is 29.5 Å². The number of anilines is 2. The lowest BCUT2D eigenvalue weighted by Gasteiger charge is -2.42. The number of nitrogens with one attached hydrogen (secondary N) is 3. The molecule has 2 aliphatic rings. The van der Waals surface area contributed by atoms with Crippen LogP contribution in [-0.4, -0.2) is 124 Å². The smallest absolute Gasteiger partial charge is 0.408 e. The Hall–Kier alpha value is -3.97. The van der Waals surface area contributed by atoms with Gasteiger partial charge in [0.1, 0.15) is 23.2 Å². The first kappa shape index (κ1) is 37.8. The molecule has 2 saturated heterocycles. The van der Waals surface area contributed by atoms with Crippen molar-refractivity contribution < 1.29 is 48.7 Å². The third kappa shape index (κ3) is 8.80. The molecule has 4 rings (SSSR count). The molecule has 3 heterocycles. The standard InChI is InChI=1S/C32H46N6O11/c1-7-46-30(45)36-31(3,17-40)28(43)33-20-10-8-19(9-11-20)26(42)34-24-12-13-38(29(44)35-24)32(4)15-23(18(2)49-32)48-27-25(41)22(37(5)6)14-21(16-39)47-27/h8-13,18,21-23,25,27,39-41H,7,14-17H2,1-6H3,(H,33,43)(H,36,45)(H,34,35,42,44). The summed E-state index contributed by atoms with van der Waals surface area (Å²) >= 11 is 0. The predicted octanol–water partition coefficient (Wildman–Crippen LogP) is 0.196. The van der Waals surface area contributed by atoms with Gasteiger partial charge in [0.2, 0.25) is 0 Å². The lowest BCUT2D eigenvalue weighted by molar-refractivity contribution is -0.277. The van der Waals surface area contributed by atoms with E-state index in [9.17, 15) is 34.5 Å². The molecule has 3 amide bonds. The second-order valence-corrected chi connectivity index (χ2v) is 12.7. The Bertz CT molecular complexity index is 1540. The van der Waals surface area contributed by atoms with E-state index in [0.29, 0.717) is 12.1 Å². The van der Waals surface area contributed by atoms with E-state index in [-0.39, 0.29) is 37.1 Å². The van der Waals surface area contributed by atoms with Gasteiger partial charge in [-0.1, -0.05) is 0 Å². The van der Waals surface area contributed by atoms with Crippen LogP contribution < -0.4 is 21.6 Å². The molecule has 0 saturated carbocycles. The molecule has 1 aromatic heterocycles. The highest BCUT2D eigenvalue weighted by molar-refractivity contribution is 6.04. The number of hydrogen-bond donors (Lipinski definition) is 6. The highest BCUT2D eigenvalue weighted by Crippen LogP contribution is 2.37. The number of benzene rings is 1. The Morgan fingerprint density at radius 3 is 2.45 bits per heavy atom. The zero-order valence-electron chi connectivity index (χ0n) is 28.4. The highest BCUT2D eigenvalue weighted by Gasteiger charge is 2.48. The van der Waals surface area contributed by atoms with Crippen molar-refractivity contribution in [2.75, 3.05) is 44.5 Å². The van der Waals surface area contributed by atoms with E-state index in [1.54, 1.807) is 20.8 Å². The number of ether oxygens (including phenoxy) is 4. The SMILES string of the molecule is CCOC(=O)NC(C)(CO)C(=O)Nc1ccc(C(=O)Nc2ccn(C3(C)CC(OC4OC(CO)CC(N(C)C)C4O)C(C)O3)c(=O)n2)cc1. The first-order valence-corrected chi connectivity index (χ1v) is 16.0. The zero-order valence-corrected chi connectivity index (χ0v) is 28.4. The first-order valence-electron chi connectivity index (χ1n) is 16.0. The fourth-order valence-corrected chi connectivity index (χ4v) is 5.77. The number of aliphatic hydroxyl groups excluding tert-OH is 3. The minimum absolute atomic E-state index is 0.00155. The molecule has 0 spiro atoms. The van der Waals surface area contributed by atoms with Gasteiger partial charge < -0.3 is 55.1 Å². The third-order valence-corrected chi connectivity index (χ3v) is 8.65. The lowest BCUT2D eigenvalue weighted by Crippen LogP contribution is -2.57. The number of likely N-dealkylation sites (N-methyl/N-ethyl adjacent to an activating group) is 1. The number of hydrogen-bond acceptors (Lipinski definition) is 13. The van der Waals surface area contributed by atoms with Crippen LogP contribution in [0.3, 0.4) is 0 Å². The van der Waals surface area contributed by atoms with Crippen LogP contribution >= 0.6 is 0 Å². The maximum absolute atomic E-state index is 13.2. The molecule has 6 N–H and O–H groups in total. The number of carbonyl (C=O) groups is 3. The minimum Gasteiger partial charge on any atom is -0.450 e. The number of aliphatic hydroxyl groups is 3. The summed E-state index contributed by atoms with van der Waals surface area (Å²) in [6, 6.07) is 6.96. The van der Waals surface area contributed by atoms with Crippen LogP contribution in [0.25, 0.3) is 0 Å². The maximum Gasteiger partial charge on any atom is 0.408 e. The van der Waals surface area contributed by atoms with Gasteiger partial charge in [-0.15, -0.1) is 0 Å². The fraction of sp³-hybridized carbons (Fsp3) is 0.594. The van der Waals surface area contributed by atoms with Crippen molar-refractivity contribution in [3.8, 4) is 0 Å². The largest absolute Gasteiger partial charge is 0.450 e. The molecule has 0 radical (unpaired) electrons. The Morgan fingerprint density at radius 2 is 1.86 bits per heavy atom. The average Bonchev–Trinajstić information content (AvgIpc) is 3.34. The molecule has 17 heteroatoms. The van der Waals surface area contributed by atoms with Gasteiger partial charge in [0, 0.05) is 29.9 Å². The van der Waals surface area contributed by atoms with Crippen LogP contribution in [0, 0.1) is 0 Å². The van der Waals surface area contributed by atoms with Gasteiger partial charge in [-0.3, -0.25) is 14.2 Å². The Morgan fingerprint density at radius 1 is 1.16 bits per heavy atom. The topological polar surface area (TPSA) is 223 Å². The van der Waals surface area contributed by atoms with Crippen molar-refractivity contribution in [2.45, 2.75) is 88.5 Å². The number of amides is 3. The molecule has 8 unspecified atom stereocenters. The van der Waals surface area contributed by atoms with E-state index >= 15 is 0 Å². The van der Waals surface area contributed by atoms with Gasteiger partial charge in [0.25, 0.3) is 11.8 Å². The van der Waals surface area contributed by atoms with Gasteiger partial charge in [0.05, 0.1) is 38.1 Å². The molecule has 270 valence electrons. The summed E-state index contributed by atoms with van der Waals surface area (Å²) in [5.74, 6) is -1.27. The van der Waals surface area contributed by atoms with Crippen molar-refractivity contribution in [3.63, 3.8) is 0 Å². The number of alkyl carbamates (subject to hydrolysis) is 1. The minimum atomic E-state index is -1.66. The molecular formula is C32H46N6O11. The highest BCUT2D eigenvalue weighted by atomic mass is 16.7. The van der Waals surface area contributed by atoms with E-state index in [4.69, 9.17) is 18.9 Å². The van der Waals surface area contributed by atoms with Crippen LogP contribution in [0.4, 0.5) is 16.3 Å². The summed E-state index contributed by atoms with van der Waals surface area (Å²) in [6.07, 6.45) is -2.27. The Labute approximate surface area is 283 Å². The first-order chi connectivity index (χ1) is 23.1. The van der Waals surface area contributed by atoms with Crippen molar-refractivity contribution >= 4 is 29.4 Å². The van der Waals surface area contributed by atoms with Gasteiger partial charge >= 0.3 is 11.8 Å². The summed E-state index contributed by atoms with van der Waals surface area (Å²) in [5, 5.41) is 37.8. The van der Waals surface area contributed by atoms with Gasteiger partial charge in [-0.25, -0.2) is 9.59 Å². The van der Waals surface area contributed by atoms with E-state index in [0.717, 1.165) is 0 Å². The van der Waals surface area contributed by atoms with Crippen molar-refractivity contribution in [3.05, 3.63) is 52.6 Å². The summed E-state index contributed by atoms with van der Waals surface area (Å²) in [6.45, 7) is 5.61. The van der Waals surface area contributed by atoms with Crippen LogP contribution in [0.2, 0.25) is 0 Å². The predicted molar refractivity (Wildman–Crippen MR) is 175 cm³/mol. The molecule has 8 atom stereocenters. The quantitative estimate of drug-likeness (QED) is 0.175. The summed E-state index contributed by atoms with van der Waals surface area (Å²) in [4.78, 5) is 56.5. The van der Waals surface area contributed by atoms with Crippen molar-refractivity contribution in [2.24, 2.45) is 0 Å². The summed E-state index contributed by atoms with van der Waals surface area (Å²) in [7, 11) is 3.66. The van der Waals surface area contributed by atoms with E-state index in [1.807, 2.05) is 19.0 Å². The molecule has 2 aromatic rings. The van der Waals surface area contributed by atoms with Crippen molar-refractivity contribution in [1.29, 1.82) is 0 Å². The van der Waals surface area contributed by atoms with E-state index in [1.165, 1.54) is 48.0 Å². The number of carbonyl (C=O) groups excluding carboxylic acids is 3. The van der Waals surface area contributed by atoms with Gasteiger partial charge in [0.15, 0.2) is 6.29 Å². The summed E-state index contributed by atoms with van der Waals surface area (Å²) < 4.78 is 24.2. The molecular weight excluding hydrogens is 644 g/mol. The second kappa shape index (κ2) is 15.7. The van der Waals surface area contributed by atoms with E-state index < -0.39 is 72.2 Å². The van der Waals surface area contributed by atoms with Crippen LogP contribution in [0.1, 0.15) is 50.9 Å². The van der Waals surface area contributed by atoms with Gasteiger partial charge in [-0.2, -0.15) is 4.98 Å². The number of aromatic nitrogens is 2. The molecule has 0 aliphatic carbocycles.